The van der Waals surface area contributed by atoms with Crippen LogP contribution in [0.5, 0.6) is 0 Å². The van der Waals surface area contributed by atoms with Crippen molar-refractivity contribution in [2.24, 2.45) is 0 Å². The molecule has 0 aromatic rings. The first-order valence-electron chi connectivity index (χ1n) is 7.59. The van der Waals surface area contributed by atoms with Gasteiger partial charge < -0.3 is 14.7 Å². The molecule has 0 bridgehead atoms. The van der Waals surface area contributed by atoms with Crippen molar-refractivity contribution in [2.75, 3.05) is 6.73 Å². The zero-order chi connectivity index (χ0) is 15.7. The molecule has 1 unspecified atom stereocenters. The van der Waals surface area contributed by atoms with Gasteiger partial charge in [-0.1, -0.05) is 32.6 Å². The van der Waals surface area contributed by atoms with Crippen molar-refractivity contribution in [1.29, 1.82) is 0 Å². The van der Waals surface area contributed by atoms with E-state index >= 15 is 0 Å². The van der Waals surface area contributed by atoms with Gasteiger partial charge in [-0.05, 0) is 25.5 Å². The molecular weight excluding hydrogens is 350 g/mol. The van der Waals surface area contributed by atoms with E-state index in [2.05, 4.69) is 6.92 Å². The van der Waals surface area contributed by atoms with E-state index in [1.54, 1.807) is 30.2 Å². The SMILES string of the molecule is Br.CCCCCCCC(=O)OCN1C=CC=C(C(=O)O)C1C. The molecule has 6 heteroatoms. The topological polar surface area (TPSA) is 66.8 Å². The molecule has 5 nitrogen and oxygen atoms in total. The summed E-state index contributed by atoms with van der Waals surface area (Å²) in [4.78, 5) is 24.4. The van der Waals surface area contributed by atoms with Crippen molar-refractivity contribution < 1.29 is 19.4 Å². The number of ether oxygens (including phenoxy) is 1. The Balaban J connectivity index is 0.00000441. The molecule has 1 aliphatic heterocycles. The molecule has 0 saturated heterocycles. The van der Waals surface area contributed by atoms with E-state index in [4.69, 9.17) is 9.84 Å². The minimum Gasteiger partial charge on any atom is -0.478 e. The van der Waals surface area contributed by atoms with Gasteiger partial charge in [0, 0.05) is 12.6 Å². The summed E-state index contributed by atoms with van der Waals surface area (Å²) in [5.74, 6) is -1.17. The number of unbranched alkanes of at least 4 members (excludes halogenated alkanes) is 4. The zero-order valence-electron chi connectivity index (χ0n) is 13.3. The van der Waals surface area contributed by atoms with Crippen LogP contribution in [0, 0.1) is 0 Å². The van der Waals surface area contributed by atoms with Crippen LogP contribution in [-0.2, 0) is 14.3 Å². The lowest BCUT2D eigenvalue weighted by atomic mass is 10.1. The fourth-order valence-corrected chi connectivity index (χ4v) is 2.20. The van der Waals surface area contributed by atoms with E-state index in [9.17, 15) is 9.59 Å². The molecule has 0 aliphatic carbocycles. The predicted octanol–water partition coefficient (Wildman–Crippen LogP) is 3.65. The van der Waals surface area contributed by atoms with E-state index in [0.717, 1.165) is 19.3 Å². The van der Waals surface area contributed by atoms with Crippen LogP contribution in [0.3, 0.4) is 0 Å². The lowest BCUT2D eigenvalue weighted by molar-refractivity contribution is -0.148. The highest BCUT2D eigenvalue weighted by atomic mass is 79.9. The first-order chi connectivity index (χ1) is 10.1. The number of carbonyl (C=O) groups excluding carboxylic acids is 1. The molecule has 1 aliphatic rings. The Hall–Kier alpha value is -1.30. The second-order valence-corrected chi connectivity index (χ2v) is 5.27. The fourth-order valence-electron chi connectivity index (χ4n) is 2.20. The van der Waals surface area contributed by atoms with Crippen molar-refractivity contribution in [2.45, 2.75) is 58.4 Å². The van der Waals surface area contributed by atoms with Crippen LogP contribution in [0.15, 0.2) is 23.9 Å². The number of hydrogen-bond acceptors (Lipinski definition) is 4. The summed E-state index contributed by atoms with van der Waals surface area (Å²) in [5.41, 5.74) is 0.299. The second kappa shape index (κ2) is 11.3. The van der Waals surface area contributed by atoms with Crippen molar-refractivity contribution >= 4 is 28.9 Å². The minimum atomic E-state index is -0.945. The van der Waals surface area contributed by atoms with Gasteiger partial charge in [0.25, 0.3) is 0 Å². The third-order valence-corrected chi connectivity index (χ3v) is 3.61. The molecule has 1 rings (SSSR count). The van der Waals surface area contributed by atoms with Gasteiger partial charge in [0.15, 0.2) is 6.73 Å². The number of nitrogens with zero attached hydrogens (tertiary/aromatic N) is 1. The Kier molecular flexibility index (Phi) is 10.6. The number of aliphatic carboxylic acids is 1. The molecule has 0 saturated carbocycles. The van der Waals surface area contributed by atoms with Gasteiger partial charge in [-0.3, -0.25) is 4.79 Å². The maximum Gasteiger partial charge on any atom is 0.333 e. The second-order valence-electron chi connectivity index (χ2n) is 5.27. The number of esters is 1. The van der Waals surface area contributed by atoms with Crippen LogP contribution in [0.1, 0.15) is 52.4 Å². The van der Waals surface area contributed by atoms with Gasteiger partial charge in [-0.15, -0.1) is 17.0 Å². The number of allylic oxidation sites excluding steroid dienone is 2. The molecule has 0 amide bonds. The summed E-state index contributed by atoms with van der Waals surface area (Å²) < 4.78 is 5.20. The molecule has 0 fully saturated rings. The lowest BCUT2D eigenvalue weighted by Crippen LogP contribution is -2.36. The quantitative estimate of drug-likeness (QED) is 0.492. The molecule has 1 atom stereocenters. The van der Waals surface area contributed by atoms with Crippen LogP contribution < -0.4 is 0 Å². The van der Waals surface area contributed by atoms with Crippen LogP contribution in [0.25, 0.3) is 0 Å². The molecule has 0 aromatic carbocycles. The third kappa shape index (κ3) is 7.11. The van der Waals surface area contributed by atoms with E-state index in [0.29, 0.717) is 12.0 Å². The summed E-state index contributed by atoms with van der Waals surface area (Å²) in [6.07, 6.45) is 10.8. The molecule has 126 valence electrons. The molecule has 0 radical (unpaired) electrons. The highest BCUT2D eigenvalue weighted by Crippen LogP contribution is 2.16. The molecule has 1 N–H and O–H groups in total. The van der Waals surface area contributed by atoms with Crippen LogP contribution in [0.2, 0.25) is 0 Å². The number of rotatable bonds is 9. The van der Waals surface area contributed by atoms with Gasteiger partial charge in [0.1, 0.15) is 0 Å². The molecular formula is C16H26BrNO4. The number of carboxylic acid groups (broad SMARTS) is 1. The number of carbonyl (C=O) groups is 2. The van der Waals surface area contributed by atoms with Crippen molar-refractivity contribution in [3.63, 3.8) is 0 Å². The van der Waals surface area contributed by atoms with Gasteiger partial charge in [-0.2, -0.15) is 0 Å². The third-order valence-electron chi connectivity index (χ3n) is 3.61. The zero-order valence-corrected chi connectivity index (χ0v) is 15.0. The molecule has 22 heavy (non-hydrogen) atoms. The Morgan fingerprint density at radius 1 is 1.27 bits per heavy atom. The van der Waals surface area contributed by atoms with Crippen molar-refractivity contribution in [3.05, 3.63) is 23.9 Å². The summed E-state index contributed by atoms with van der Waals surface area (Å²) in [5, 5.41) is 9.05. The summed E-state index contributed by atoms with van der Waals surface area (Å²) in [6.45, 7) is 4.03. The van der Waals surface area contributed by atoms with Gasteiger partial charge in [0.2, 0.25) is 0 Å². The Labute approximate surface area is 142 Å². The number of halogens is 1. The van der Waals surface area contributed by atoms with E-state index in [1.165, 1.54) is 12.8 Å². The Morgan fingerprint density at radius 2 is 1.95 bits per heavy atom. The predicted molar refractivity (Wildman–Crippen MR) is 90.8 cm³/mol. The van der Waals surface area contributed by atoms with Crippen LogP contribution >= 0.6 is 17.0 Å². The Bertz CT molecular complexity index is 420. The normalized spacial score (nSPS) is 16.7. The van der Waals surface area contributed by atoms with E-state index < -0.39 is 5.97 Å². The van der Waals surface area contributed by atoms with Crippen molar-refractivity contribution in [3.8, 4) is 0 Å². The van der Waals surface area contributed by atoms with Crippen molar-refractivity contribution in [1.82, 2.24) is 4.90 Å². The van der Waals surface area contributed by atoms with Crippen LogP contribution in [-0.4, -0.2) is 34.7 Å². The summed E-state index contributed by atoms with van der Waals surface area (Å²) in [6, 6.07) is -0.301. The van der Waals surface area contributed by atoms with Gasteiger partial charge in [0.05, 0.1) is 11.6 Å². The molecule has 1 heterocycles. The number of hydrogen-bond donors (Lipinski definition) is 1. The maximum atomic E-state index is 11.6. The maximum absolute atomic E-state index is 11.6. The first kappa shape index (κ1) is 20.7. The van der Waals surface area contributed by atoms with Crippen LogP contribution in [0.4, 0.5) is 0 Å². The average molecular weight is 376 g/mol. The Morgan fingerprint density at radius 3 is 2.59 bits per heavy atom. The lowest BCUT2D eigenvalue weighted by Gasteiger charge is -2.29. The smallest absolute Gasteiger partial charge is 0.333 e. The fraction of sp³-hybridized carbons (Fsp3) is 0.625. The summed E-state index contributed by atoms with van der Waals surface area (Å²) >= 11 is 0. The molecule has 0 spiro atoms. The van der Waals surface area contributed by atoms with Gasteiger partial charge >= 0.3 is 11.9 Å². The largest absolute Gasteiger partial charge is 0.478 e. The van der Waals surface area contributed by atoms with E-state index in [-0.39, 0.29) is 35.7 Å². The molecule has 0 aromatic heterocycles. The monoisotopic (exact) mass is 375 g/mol. The van der Waals surface area contributed by atoms with Gasteiger partial charge in [-0.25, -0.2) is 4.79 Å². The first-order valence-corrected chi connectivity index (χ1v) is 7.59. The highest BCUT2D eigenvalue weighted by Gasteiger charge is 2.23. The standard InChI is InChI=1S/C16H25NO4.BrH/c1-3-4-5-6-7-10-15(18)21-12-17-11-8-9-14(13(17)2)16(19)20;/h8-9,11,13H,3-7,10,12H2,1-2H3,(H,19,20);1H. The highest BCUT2D eigenvalue weighted by molar-refractivity contribution is 8.93. The van der Waals surface area contributed by atoms with E-state index in [1.807, 2.05) is 0 Å². The minimum absolute atomic E-state index is 0. The average Bonchev–Trinajstić information content (AvgIpc) is 2.45. The number of carboxylic acids is 1. The summed E-state index contributed by atoms with van der Waals surface area (Å²) in [7, 11) is 0.